The zero-order valence-corrected chi connectivity index (χ0v) is 10.8. The second-order valence-electron chi connectivity index (χ2n) is 3.81. The van der Waals surface area contributed by atoms with Crippen molar-refractivity contribution in [1.82, 2.24) is 10.6 Å². The van der Waals surface area contributed by atoms with E-state index >= 15 is 0 Å². The van der Waals surface area contributed by atoms with Gasteiger partial charge in [-0.05, 0) is 24.3 Å². The number of aliphatic carboxylic acids is 1. The summed E-state index contributed by atoms with van der Waals surface area (Å²) in [6.07, 6.45) is 2.88. The number of hydrogen-bond donors (Lipinski definition) is 3. The van der Waals surface area contributed by atoms with Gasteiger partial charge in [-0.1, -0.05) is 13.8 Å². The standard InChI is InChI=1S/C10H20N2O3S/c1-7(2)8(9(13)14)12-10(15)11-5-4-6-16-3/h7-8H,4-6H2,1-3H3,(H,13,14)(H2,11,12,15)/t8-/m1/s1. The third-order valence-corrected chi connectivity index (χ3v) is 2.73. The first-order valence-electron chi connectivity index (χ1n) is 5.25. The molecule has 6 heteroatoms. The summed E-state index contributed by atoms with van der Waals surface area (Å²) in [6.45, 7) is 4.08. The van der Waals surface area contributed by atoms with E-state index in [0.717, 1.165) is 12.2 Å². The molecule has 0 rings (SSSR count). The van der Waals surface area contributed by atoms with Crippen LogP contribution in [0.2, 0.25) is 0 Å². The molecule has 0 bridgehead atoms. The number of urea groups is 1. The normalized spacial score (nSPS) is 12.2. The molecule has 0 aromatic rings. The molecule has 0 radical (unpaired) electrons. The van der Waals surface area contributed by atoms with E-state index in [9.17, 15) is 9.59 Å². The lowest BCUT2D eigenvalue weighted by Crippen LogP contribution is -2.48. The van der Waals surface area contributed by atoms with Crippen molar-refractivity contribution < 1.29 is 14.7 Å². The summed E-state index contributed by atoms with van der Waals surface area (Å²) in [7, 11) is 0. The summed E-state index contributed by atoms with van der Waals surface area (Å²) in [4.78, 5) is 22.1. The maximum atomic E-state index is 11.3. The van der Waals surface area contributed by atoms with Crippen LogP contribution in [0.15, 0.2) is 0 Å². The van der Waals surface area contributed by atoms with E-state index in [0.29, 0.717) is 6.54 Å². The SMILES string of the molecule is CSCCCNC(=O)N[C@@H](C(=O)O)C(C)C. The van der Waals surface area contributed by atoms with Crippen LogP contribution in [-0.4, -0.2) is 41.7 Å². The molecule has 0 aromatic carbocycles. The highest BCUT2D eigenvalue weighted by atomic mass is 32.2. The molecule has 1 atom stereocenters. The Labute approximate surface area is 100 Å². The van der Waals surface area contributed by atoms with Gasteiger partial charge >= 0.3 is 12.0 Å². The molecule has 0 aromatic heterocycles. The highest BCUT2D eigenvalue weighted by Crippen LogP contribution is 2.01. The Morgan fingerprint density at radius 3 is 2.44 bits per heavy atom. The zero-order chi connectivity index (χ0) is 12.6. The fourth-order valence-electron chi connectivity index (χ4n) is 1.12. The van der Waals surface area contributed by atoms with Gasteiger partial charge in [0.05, 0.1) is 0 Å². The molecule has 0 aliphatic rings. The lowest BCUT2D eigenvalue weighted by molar-refractivity contribution is -0.140. The molecule has 2 amide bonds. The maximum Gasteiger partial charge on any atom is 0.326 e. The van der Waals surface area contributed by atoms with E-state index in [1.54, 1.807) is 25.6 Å². The van der Waals surface area contributed by atoms with E-state index in [1.807, 2.05) is 6.26 Å². The number of carbonyl (C=O) groups excluding carboxylic acids is 1. The van der Waals surface area contributed by atoms with Crippen LogP contribution >= 0.6 is 11.8 Å². The van der Waals surface area contributed by atoms with Gasteiger partial charge in [0.2, 0.25) is 0 Å². The maximum absolute atomic E-state index is 11.3. The molecular weight excluding hydrogens is 228 g/mol. The fraction of sp³-hybridized carbons (Fsp3) is 0.800. The van der Waals surface area contributed by atoms with Gasteiger partial charge in [0.15, 0.2) is 0 Å². The van der Waals surface area contributed by atoms with Crippen LogP contribution in [0.25, 0.3) is 0 Å². The minimum absolute atomic E-state index is 0.130. The van der Waals surface area contributed by atoms with Crippen LogP contribution in [0.3, 0.4) is 0 Å². The lowest BCUT2D eigenvalue weighted by Gasteiger charge is -2.18. The van der Waals surface area contributed by atoms with Crippen LogP contribution in [0.4, 0.5) is 4.79 Å². The Kier molecular flexibility index (Phi) is 7.80. The van der Waals surface area contributed by atoms with Crippen LogP contribution < -0.4 is 10.6 Å². The predicted molar refractivity (Wildman–Crippen MR) is 65.8 cm³/mol. The van der Waals surface area contributed by atoms with Crippen LogP contribution in [0, 0.1) is 5.92 Å². The van der Waals surface area contributed by atoms with Crippen molar-refractivity contribution in [2.75, 3.05) is 18.6 Å². The minimum Gasteiger partial charge on any atom is -0.480 e. The number of carboxylic acid groups (broad SMARTS) is 1. The number of thioether (sulfide) groups is 1. The van der Waals surface area contributed by atoms with Crippen molar-refractivity contribution >= 4 is 23.8 Å². The van der Waals surface area contributed by atoms with Gasteiger partial charge in [0.25, 0.3) is 0 Å². The van der Waals surface area contributed by atoms with Crippen molar-refractivity contribution in [3.8, 4) is 0 Å². The molecule has 5 nitrogen and oxygen atoms in total. The smallest absolute Gasteiger partial charge is 0.326 e. The second kappa shape index (κ2) is 8.27. The summed E-state index contributed by atoms with van der Waals surface area (Å²) in [5.74, 6) is -0.156. The Morgan fingerprint density at radius 1 is 1.38 bits per heavy atom. The minimum atomic E-state index is -1.01. The molecular formula is C10H20N2O3S. The van der Waals surface area contributed by atoms with Crippen molar-refractivity contribution in [2.45, 2.75) is 26.3 Å². The van der Waals surface area contributed by atoms with E-state index < -0.39 is 18.0 Å². The van der Waals surface area contributed by atoms with Gasteiger partial charge in [0.1, 0.15) is 6.04 Å². The zero-order valence-electron chi connectivity index (χ0n) is 9.95. The van der Waals surface area contributed by atoms with Gasteiger partial charge in [-0.15, -0.1) is 0 Å². The molecule has 3 N–H and O–H groups in total. The van der Waals surface area contributed by atoms with Gasteiger partial charge in [-0.25, -0.2) is 9.59 Å². The van der Waals surface area contributed by atoms with Gasteiger partial charge < -0.3 is 15.7 Å². The first-order valence-corrected chi connectivity index (χ1v) is 6.64. The molecule has 0 unspecified atom stereocenters. The molecule has 0 fully saturated rings. The molecule has 0 spiro atoms. The molecule has 0 saturated carbocycles. The summed E-state index contributed by atoms with van der Waals surface area (Å²) in [5.41, 5.74) is 0. The third kappa shape index (κ3) is 6.55. The average Bonchev–Trinajstić information content (AvgIpc) is 2.20. The van der Waals surface area contributed by atoms with E-state index in [2.05, 4.69) is 10.6 Å². The van der Waals surface area contributed by atoms with E-state index in [1.165, 1.54) is 0 Å². The van der Waals surface area contributed by atoms with Crippen molar-refractivity contribution in [3.05, 3.63) is 0 Å². The Morgan fingerprint density at radius 2 is 2.00 bits per heavy atom. The second-order valence-corrected chi connectivity index (χ2v) is 4.79. The molecule has 0 saturated heterocycles. The quantitative estimate of drug-likeness (QED) is 0.591. The number of amides is 2. The van der Waals surface area contributed by atoms with Crippen LogP contribution in [0.1, 0.15) is 20.3 Å². The number of carboxylic acids is 1. The van der Waals surface area contributed by atoms with Crippen molar-refractivity contribution in [3.63, 3.8) is 0 Å². The number of hydrogen-bond acceptors (Lipinski definition) is 3. The lowest BCUT2D eigenvalue weighted by atomic mass is 10.1. The average molecular weight is 248 g/mol. The molecule has 16 heavy (non-hydrogen) atoms. The third-order valence-electron chi connectivity index (χ3n) is 2.03. The highest BCUT2D eigenvalue weighted by molar-refractivity contribution is 7.98. The number of carbonyl (C=O) groups is 2. The summed E-state index contributed by atoms with van der Waals surface area (Å²) in [5, 5.41) is 13.9. The van der Waals surface area contributed by atoms with E-state index in [-0.39, 0.29) is 5.92 Å². The van der Waals surface area contributed by atoms with Crippen LogP contribution in [0.5, 0.6) is 0 Å². The highest BCUT2D eigenvalue weighted by Gasteiger charge is 2.22. The summed E-state index contributed by atoms with van der Waals surface area (Å²) < 4.78 is 0. The number of rotatable bonds is 7. The molecule has 0 aliphatic carbocycles. The monoisotopic (exact) mass is 248 g/mol. The molecule has 94 valence electrons. The van der Waals surface area contributed by atoms with Gasteiger partial charge in [-0.3, -0.25) is 0 Å². The fourth-order valence-corrected chi connectivity index (χ4v) is 1.56. The molecule has 0 aliphatic heterocycles. The van der Waals surface area contributed by atoms with Crippen molar-refractivity contribution in [1.29, 1.82) is 0 Å². The predicted octanol–water partition coefficient (Wildman–Crippen LogP) is 1.15. The first-order chi connectivity index (χ1) is 7.49. The van der Waals surface area contributed by atoms with Gasteiger partial charge in [0, 0.05) is 6.54 Å². The molecule has 0 heterocycles. The Hall–Kier alpha value is -0.910. The summed E-state index contributed by atoms with van der Waals surface area (Å²) in [6, 6.07) is -1.25. The summed E-state index contributed by atoms with van der Waals surface area (Å²) >= 11 is 1.71. The van der Waals surface area contributed by atoms with Gasteiger partial charge in [-0.2, -0.15) is 11.8 Å². The Balaban J connectivity index is 3.87. The number of nitrogens with one attached hydrogen (secondary N) is 2. The first kappa shape index (κ1) is 15.1. The van der Waals surface area contributed by atoms with E-state index in [4.69, 9.17) is 5.11 Å². The van der Waals surface area contributed by atoms with Crippen molar-refractivity contribution in [2.24, 2.45) is 5.92 Å². The topological polar surface area (TPSA) is 78.4 Å². The van der Waals surface area contributed by atoms with Crippen LogP contribution in [-0.2, 0) is 4.79 Å². The Bertz CT molecular complexity index is 234. The largest absolute Gasteiger partial charge is 0.480 e.